The molecule has 0 bridgehead atoms. The number of nitrogens with zero attached hydrogens (tertiary/aromatic N) is 1. The maximum absolute atomic E-state index is 5.76. The second-order valence-electron chi connectivity index (χ2n) is 4.90. The lowest BCUT2D eigenvalue weighted by Gasteiger charge is -2.36. The first-order valence-corrected chi connectivity index (χ1v) is 6.18. The number of hydrogen-bond acceptors (Lipinski definition) is 3. The summed E-state index contributed by atoms with van der Waals surface area (Å²) in [6.45, 7) is 4.18. The zero-order chi connectivity index (χ0) is 10.5. The molecule has 1 aromatic rings. The maximum Gasteiger partial charge on any atom is 0.142 e. The molecule has 0 spiro atoms. The SMILES string of the molecule is c1cc2c3c(c1)[C@H]1CNCC[C@H]1N3CCO2. The number of ether oxygens (including phenoxy) is 1. The fourth-order valence-electron chi connectivity index (χ4n) is 3.49. The Balaban J connectivity index is 1.89. The van der Waals surface area contributed by atoms with Crippen molar-refractivity contribution >= 4 is 5.69 Å². The highest BCUT2D eigenvalue weighted by atomic mass is 16.5. The Morgan fingerprint density at radius 3 is 3.38 bits per heavy atom. The highest BCUT2D eigenvalue weighted by molar-refractivity contribution is 5.71. The lowest BCUT2D eigenvalue weighted by atomic mass is 9.90. The summed E-state index contributed by atoms with van der Waals surface area (Å²) in [6.07, 6.45) is 1.26. The number of anilines is 1. The predicted octanol–water partition coefficient (Wildman–Crippen LogP) is 1.34. The van der Waals surface area contributed by atoms with Crippen molar-refractivity contribution in [2.24, 2.45) is 0 Å². The summed E-state index contributed by atoms with van der Waals surface area (Å²) in [5.41, 5.74) is 2.88. The van der Waals surface area contributed by atoms with E-state index in [0.717, 1.165) is 32.0 Å². The first kappa shape index (κ1) is 8.88. The Hall–Kier alpha value is -1.22. The minimum atomic E-state index is 0.672. The van der Waals surface area contributed by atoms with E-state index in [1.165, 1.54) is 17.7 Å². The minimum Gasteiger partial charge on any atom is -0.490 e. The summed E-state index contributed by atoms with van der Waals surface area (Å²) in [5.74, 6) is 1.77. The van der Waals surface area contributed by atoms with E-state index < -0.39 is 0 Å². The molecule has 3 heteroatoms. The van der Waals surface area contributed by atoms with Crippen molar-refractivity contribution in [2.75, 3.05) is 31.1 Å². The van der Waals surface area contributed by atoms with E-state index in [2.05, 4.69) is 28.4 Å². The van der Waals surface area contributed by atoms with Gasteiger partial charge in [-0.2, -0.15) is 0 Å². The van der Waals surface area contributed by atoms with Crippen LogP contribution < -0.4 is 15.0 Å². The number of nitrogens with one attached hydrogen (secondary N) is 1. The molecule has 0 saturated carbocycles. The Labute approximate surface area is 95.4 Å². The van der Waals surface area contributed by atoms with Gasteiger partial charge in [-0.1, -0.05) is 12.1 Å². The van der Waals surface area contributed by atoms with Crippen LogP contribution in [0, 0.1) is 0 Å². The summed E-state index contributed by atoms with van der Waals surface area (Å²) in [6, 6.07) is 7.23. The van der Waals surface area contributed by atoms with Crippen molar-refractivity contribution in [3.8, 4) is 5.75 Å². The van der Waals surface area contributed by atoms with E-state index in [4.69, 9.17) is 4.74 Å². The fourth-order valence-corrected chi connectivity index (χ4v) is 3.49. The maximum atomic E-state index is 5.76. The monoisotopic (exact) mass is 216 g/mol. The van der Waals surface area contributed by atoms with Crippen molar-refractivity contribution in [1.29, 1.82) is 0 Å². The van der Waals surface area contributed by atoms with Crippen molar-refractivity contribution in [3.63, 3.8) is 0 Å². The molecule has 1 aromatic carbocycles. The van der Waals surface area contributed by atoms with Gasteiger partial charge in [0.15, 0.2) is 0 Å². The molecule has 16 heavy (non-hydrogen) atoms. The molecule has 0 aliphatic carbocycles. The van der Waals surface area contributed by atoms with Gasteiger partial charge in [0, 0.05) is 18.5 Å². The van der Waals surface area contributed by atoms with Crippen LogP contribution in [0.15, 0.2) is 18.2 Å². The zero-order valence-corrected chi connectivity index (χ0v) is 9.28. The van der Waals surface area contributed by atoms with Gasteiger partial charge in [0.2, 0.25) is 0 Å². The van der Waals surface area contributed by atoms with Crippen LogP contribution in [-0.2, 0) is 0 Å². The summed E-state index contributed by atoms with van der Waals surface area (Å²) in [7, 11) is 0. The molecule has 3 heterocycles. The van der Waals surface area contributed by atoms with Crippen LogP contribution in [0.2, 0.25) is 0 Å². The molecule has 0 amide bonds. The molecule has 0 radical (unpaired) electrons. The third kappa shape index (κ3) is 1.02. The molecule has 3 nitrogen and oxygen atoms in total. The first-order chi connectivity index (χ1) is 7.95. The van der Waals surface area contributed by atoms with E-state index in [9.17, 15) is 0 Å². The van der Waals surface area contributed by atoms with Gasteiger partial charge >= 0.3 is 0 Å². The van der Waals surface area contributed by atoms with Gasteiger partial charge in [-0.25, -0.2) is 0 Å². The minimum absolute atomic E-state index is 0.672. The fraction of sp³-hybridized carbons (Fsp3) is 0.538. The molecular formula is C13H16N2O. The Bertz CT molecular complexity index is 432. The Morgan fingerprint density at radius 1 is 1.38 bits per heavy atom. The average Bonchev–Trinajstić information content (AvgIpc) is 2.68. The third-order valence-corrected chi connectivity index (χ3v) is 4.15. The molecule has 3 aliphatic heterocycles. The van der Waals surface area contributed by atoms with Crippen molar-refractivity contribution in [2.45, 2.75) is 18.4 Å². The van der Waals surface area contributed by atoms with Crippen LogP contribution in [0.25, 0.3) is 0 Å². The highest BCUT2D eigenvalue weighted by Gasteiger charge is 2.42. The van der Waals surface area contributed by atoms with Crippen LogP contribution >= 0.6 is 0 Å². The summed E-state index contributed by atoms with van der Waals surface area (Å²) < 4.78 is 5.76. The van der Waals surface area contributed by atoms with Crippen LogP contribution in [-0.4, -0.2) is 32.3 Å². The first-order valence-electron chi connectivity index (χ1n) is 6.18. The van der Waals surface area contributed by atoms with Gasteiger partial charge in [0.1, 0.15) is 12.4 Å². The quantitative estimate of drug-likeness (QED) is 0.708. The molecule has 1 N–H and O–H groups in total. The van der Waals surface area contributed by atoms with Crippen molar-refractivity contribution in [1.82, 2.24) is 5.32 Å². The average molecular weight is 216 g/mol. The van der Waals surface area contributed by atoms with Gasteiger partial charge in [-0.15, -0.1) is 0 Å². The summed E-state index contributed by atoms with van der Waals surface area (Å²) in [4.78, 5) is 2.58. The van der Waals surface area contributed by atoms with Gasteiger partial charge < -0.3 is 15.0 Å². The smallest absolute Gasteiger partial charge is 0.142 e. The van der Waals surface area contributed by atoms with Crippen LogP contribution in [0.1, 0.15) is 17.9 Å². The number of benzene rings is 1. The molecule has 84 valence electrons. The standard InChI is InChI=1S/C13H16N2O/c1-2-9-10-8-14-5-4-11(10)15-6-7-16-12(3-1)13(9)15/h1-3,10-11,14H,4-8H2/t10-,11-/m1/s1. The number of fused-ring (bicyclic) bond motifs is 3. The third-order valence-electron chi connectivity index (χ3n) is 4.15. The van der Waals surface area contributed by atoms with E-state index >= 15 is 0 Å². The largest absolute Gasteiger partial charge is 0.490 e. The number of rotatable bonds is 0. The molecule has 0 unspecified atom stereocenters. The summed E-state index contributed by atoms with van der Waals surface area (Å²) in [5, 5.41) is 3.51. The number of hydrogen-bond donors (Lipinski definition) is 1. The lowest BCUT2D eigenvalue weighted by molar-refractivity contribution is 0.295. The van der Waals surface area contributed by atoms with Gasteiger partial charge in [0.05, 0.1) is 12.2 Å². The van der Waals surface area contributed by atoms with Gasteiger partial charge in [-0.3, -0.25) is 0 Å². The molecule has 1 fully saturated rings. The molecular weight excluding hydrogens is 200 g/mol. The zero-order valence-electron chi connectivity index (χ0n) is 9.28. The second kappa shape index (κ2) is 3.14. The van der Waals surface area contributed by atoms with Crippen molar-refractivity contribution in [3.05, 3.63) is 23.8 Å². The molecule has 0 aromatic heterocycles. The lowest BCUT2D eigenvalue weighted by Crippen LogP contribution is -2.46. The van der Waals surface area contributed by atoms with E-state index in [0.29, 0.717) is 12.0 Å². The van der Waals surface area contributed by atoms with Gasteiger partial charge in [0.25, 0.3) is 0 Å². The van der Waals surface area contributed by atoms with Gasteiger partial charge in [-0.05, 0) is 24.6 Å². The second-order valence-corrected chi connectivity index (χ2v) is 4.90. The van der Waals surface area contributed by atoms with Crippen molar-refractivity contribution < 1.29 is 4.74 Å². The normalized spacial score (nSPS) is 30.6. The van der Waals surface area contributed by atoms with Crippen LogP contribution in [0.5, 0.6) is 5.75 Å². The number of para-hydroxylation sites is 1. The molecule has 1 saturated heterocycles. The Morgan fingerprint density at radius 2 is 2.38 bits per heavy atom. The van der Waals surface area contributed by atoms with E-state index in [1.807, 2.05) is 0 Å². The topological polar surface area (TPSA) is 24.5 Å². The molecule has 3 aliphatic rings. The van der Waals surface area contributed by atoms with Crippen LogP contribution in [0.3, 0.4) is 0 Å². The Kier molecular flexibility index (Phi) is 1.74. The predicted molar refractivity (Wildman–Crippen MR) is 63.3 cm³/mol. The van der Waals surface area contributed by atoms with E-state index in [-0.39, 0.29) is 0 Å². The van der Waals surface area contributed by atoms with Crippen LogP contribution in [0.4, 0.5) is 5.69 Å². The molecule has 2 atom stereocenters. The summed E-state index contributed by atoms with van der Waals surface area (Å²) >= 11 is 0. The highest BCUT2D eigenvalue weighted by Crippen LogP contribution is 2.49. The molecule has 4 rings (SSSR count). The van der Waals surface area contributed by atoms with E-state index in [1.54, 1.807) is 0 Å². The number of piperidine rings is 1.